The molecule has 0 aliphatic carbocycles. The highest BCUT2D eigenvalue weighted by Gasteiger charge is 2.31. The van der Waals surface area contributed by atoms with Crippen molar-refractivity contribution in [2.45, 2.75) is 45.7 Å². The number of aryl methyl sites for hydroxylation is 2. The molecule has 1 aliphatic heterocycles. The van der Waals surface area contributed by atoms with Gasteiger partial charge in [-0.25, -0.2) is 0 Å². The molecule has 1 aliphatic rings. The zero-order valence-corrected chi connectivity index (χ0v) is 12.7. The Hall–Kier alpha value is -1.06. The van der Waals surface area contributed by atoms with E-state index in [0.717, 1.165) is 19.4 Å². The monoisotopic (exact) mass is 282 g/mol. The molecule has 1 heterocycles. The van der Waals surface area contributed by atoms with Gasteiger partial charge in [0.1, 0.15) is 0 Å². The quantitative estimate of drug-likeness (QED) is 0.907. The normalized spacial score (nSPS) is 20.0. The second-order valence-electron chi connectivity index (χ2n) is 5.32. The summed E-state index contributed by atoms with van der Waals surface area (Å²) in [6.45, 7) is 6.82. The molecule has 1 aromatic carbocycles. The summed E-state index contributed by atoms with van der Waals surface area (Å²) in [7, 11) is 0. The number of nitrogens with zero attached hydrogens (tertiary/aromatic N) is 1. The molecular formula is C15H23ClN2O. The summed E-state index contributed by atoms with van der Waals surface area (Å²) < 4.78 is 0. The van der Waals surface area contributed by atoms with E-state index in [2.05, 4.69) is 32.0 Å². The van der Waals surface area contributed by atoms with Gasteiger partial charge in [-0.3, -0.25) is 4.79 Å². The Balaban J connectivity index is 0.00000180. The number of hydrogen-bond donors (Lipinski definition) is 1. The van der Waals surface area contributed by atoms with Gasteiger partial charge in [-0.05, 0) is 50.3 Å². The lowest BCUT2D eigenvalue weighted by molar-refractivity contribution is -0.133. The first-order valence-electron chi connectivity index (χ1n) is 6.64. The molecule has 0 spiro atoms. The highest BCUT2D eigenvalue weighted by atomic mass is 35.5. The van der Waals surface area contributed by atoms with E-state index in [1.165, 1.54) is 16.7 Å². The van der Waals surface area contributed by atoms with Crippen molar-refractivity contribution in [3.8, 4) is 0 Å². The number of nitrogens with two attached hydrogens (primary N) is 1. The van der Waals surface area contributed by atoms with Crippen molar-refractivity contribution in [3.63, 3.8) is 0 Å². The Labute approximate surface area is 121 Å². The molecule has 2 atom stereocenters. The first kappa shape index (κ1) is 16.0. The standard InChI is InChI=1S/C15H22N2O.ClH/c1-10-6-7-13(9-11(10)2)14-5-4-8-17(14)15(18)12(3)16;/h6-7,9,12,14H,4-5,8,16H2,1-3H3;1H/t12-,14?;/m1./s1. The van der Waals surface area contributed by atoms with E-state index in [1.54, 1.807) is 6.92 Å². The molecular weight excluding hydrogens is 260 g/mol. The maximum Gasteiger partial charge on any atom is 0.239 e. The summed E-state index contributed by atoms with van der Waals surface area (Å²) in [5.74, 6) is 0.0655. The van der Waals surface area contributed by atoms with Gasteiger partial charge in [0.05, 0.1) is 12.1 Å². The fraction of sp³-hybridized carbons (Fsp3) is 0.533. The molecule has 1 saturated heterocycles. The van der Waals surface area contributed by atoms with Gasteiger partial charge in [-0.2, -0.15) is 0 Å². The summed E-state index contributed by atoms with van der Waals surface area (Å²) in [5.41, 5.74) is 9.54. The fourth-order valence-corrected chi connectivity index (χ4v) is 2.61. The second kappa shape index (κ2) is 6.40. The third-order valence-corrected chi connectivity index (χ3v) is 3.84. The molecule has 1 amide bonds. The molecule has 3 nitrogen and oxygen atoms in total. The van der Waals surface area contributed by atoms with Gasteiger partial charge in [-0.15, -0.1) is 12.4 Å². The number of halogens is 1. The maximum absolute atomic E-state index is 12.1. The smallest absolute Gasteiger partial charge is 0.239 e. The van der Waals surface area contributed by atoms with Crippen molar-refractivity contribution in [2.24, 2.45) is 5.73 Å². The lowest BCUT2D eigenvalue weighted by atomic mass is 9.99. The lowest BCUT2D eigenvalue weighted by Crippen LogP contribution is -2.41. The minimum atomic E-state index is -0.405. The average Bonchev–Trinajstić information content (AvgIpc) is 2.80. The van der Waals surface area contributed by atoms with Crippen molar-refractivity contribution in [1.29, 1.82) is 0 Å². The van der Waals surface area contributed by atoms with Gasteiger partial charge in [0, 0.05) is 6.54 Å². The van der Waals surface area contributed by atoms with E-state index in [1.807, 2.05) is 4.90 Å². The van der Waals surface area contributed by atoms with Crippen LogP contribution >= 0.6 is 12.4 Å². The topological polar surface area (TPSA) is 46.3 Å². The Morgan fingerprint density at radius 3 is 2.63 bits per heavy atom. The molecule has 1 aromatic rings. The summed E-state index contributed by atoms with van der Waals surface area (Å²) >= 11 is 0. The minimum Gasteiger partial charge on any atom is -0.334 e. The van der Waals surface area contributed by atoms with Crippen LogP contribution in [0.4, 0.5) is 0 Å². The van der Waals surface area contributed by atoms with Crippen LogP contribution in [0.25, 0.3) is 0 Å². The van der Waals surface area contributed by atoms with Crippen LogP contribution in [0.2, 0.25) is 0 Å². The van der Waals surface area contributed by atoms with Crippen molar-refractivity contribution in [2.75, 3.05) is 6.54 Å². The first-order chi connectivity index (χ1) is 8.50. The molecule has 2 rings (SSSR count). The molecule has 0 aromatic heterocycles. The number of amides is 1. The van der Waals surface area contributed by atoms with Gasteiger partial charge in [0.2, 0.25) is 5.91 Å². The highest BCUT2D eigenvalue weighted by Crippen LogP contribution is 2.33. The number of likely N-dealkylation sites (tertiary alicyclic amines) is 1. The van der Waals surface area contributed by atoms with E-state index in [4.69, 9.17) is 5.73 Å². The van der Waals surface area contributed by atoms with Crippen LogP contribution in [0.3, 0.4) is 0 Å². The minimum absolute atomic E-state index is 0. The number of carbonyl (C=O) groups is 1. The molecule has 0 saturated carbocycles. The average molecular weight is 283 g/mol. The molecule has 2 N–H and O–H groups in total. The van der Waals surface area contributed by atoms with Crippen LogP contribution in [0.1, 0.15) is 42.5 Å². The SMILES string of the molecule is Cc1ccc(C2CCCN2C(=O)[C@@H](C)N)cc1C.Cl. The third-order valence-electron chi connectivity index (χ3n) is 3.84. The Morgan fingerprint density at radius 2 is 2.05 bits per heavy atom. The molecule has 0 bridgehead atoms. The van der Waals surface area contributed by atoms with Crippen molar-refractivity contribution < 1.29 is 4.79 Å². The summed E-state index contributed by atoms with van der Waals surface area (Å²) in [4.78, 5) is 14.0. The number of carbonyl (C=O) groups excluding carboxylic acids is 1. The third kappa shape index (κ3) is 3.28. The Bertz CT molecular complexity index is 459. The van der Waals surface area contributed by atoms with Crippen LogP contribution in [0, 0.1) is 13.8 Å². The van der Waals surface area contributed by atoms with Gasteiger partial charge in [0.15, 0.2) is 0 Å². The summed E-state index contributed by atoms with van der Waals surface area (Å²) in [6.07, 6.45) is 2.11. The maximum atomic E-state index is 12.1. The molecule has 1 fully saturated rings. The number of rotatable bonds is 2. The number of hydrogen-bond acceptors (Lipinski definition) is 2. The summed E-state index contributed by atoms with van der Waals surface area (Å²) in [5, 5.41) is 0. The van der Waals surface area contributed by atoms with Crippen molar-refractivity contribution in [1.82, 2.24) is 4.90 Å². The Kier molecular flexibility index (Phi) is 5.39. The van der Waals surface area contributed by atoms with Crippen molar-refractivity contribution in [3.05, 3.63) is 34.9 Å². The zero-order valence-electron chi connectivity index (χ0n) is 11.8. The highest BCUT2D eigenvalue weighted by molar-refractivity contribution is 5.85. The lowest BCUT2D eigenvalue weighted by Gasteiger charge is -2.27. The molecule has 1 unspecified atom stereocenters. The predicted molar refractivity (Wildman–Crippen MR) is 80.5 cm³/mol. The van der Waals surface area contributed by atoms with Crippen LogP contribution < -0.4 is 5.73 Å². The number of benzene rings is 1. The van der Waals surface area contributed by atoms with Crippen LogP contribution in [0.15, 0.2) is 18.2 Å². The van der Waals surface area contributed by atoms with E-state index in [9.17, 15) is 4.79 Å². The molecule has 106 valence electrons. The van der Waals surface area contributed by atoms with E-state index < -0.39 is 6.04 Å². The van der Waals surface area contributed by atoms with Crippen LogP contribution in [0.5, 0.6) is 0 Å². The van der Waals surface area contributed by atoms with E-state index >= 15 is 0 Å². The van der Waals surface area contributed by atoms with E-state index in [0.29, 0.717) is 0 Å². The van der Waals surface area contributed by atoms with Crippen LogP contribution in [-0.4, -0.2) is 23.4 Å². The van der Waals surface area contributed by atoms with Gasteiger partial charge in [-0.1, -0.05) is 18.2 Å². The molecule has 4 heteroatoms. The van der Waals surface area contributed by atoms with Crippen molar-refractivity contribution >= 4 is 18.3 Å². The largest absolute Gasteiger partial charge is 0.334 e. The van der Waals surface area contributed by atoms with Gasteiger partial charge in [0.25, 0.3) is 0 Å². The van der Waals surface area contributed by atoms with E-state index in [-0.39, 0.29) is 24.4 Å². The second-order valence-corrected chi connectivity index (χ2v) is 5.32. The first-order valence-corrected chi connectivity index (χ1v) is 6.64. The molecule has 19 heavy (non-hydrogen) atoms. The van der Waals surface area contributed by atoms with Crippen LogP contribution in [-0.2, 0) is 4.79 Å². The van der Waals surface area contributed by atoms with Gasteiger partial charge >= 0.3 is 0 Å². The fourth-order valence-electron chi connectivity index (χ4n) is 2.61. The zero-order chi connectivity index (χ0) is 13.3. The Morgan fingerprint density at radius 1 is 1.37 bits per heavy atom. The predicted octanol–water partition coefficient (Wildman–Crippen LogP) is 2.74. The molecule has 0 radical (unpaired) electrons. The summed E-state index contributed by atoms with van der Waals surface area (Å²) in [6, 6.07) is 6.28. The van der Waals surface area contributed by atoms with Gasteiger partial charge < -0.3 is 10.6 Å².